The topological polar surface area (TPSA) is 138 Å². The van der Waals surface area contributed by atoms with Gasteiger partial charge in [-0.15, -0.1) is 0 Å². The molecule has 21 heavy (non-hydrogen) atoms. The van der Waals surface area contributed by atoms with Gasteiger partial charge in [-0.25, -0.2) is 9.45 Å². The van der Waals surface area contributed by atoms with Crippen molar-refractivity contribution in [2.45, 2.75) is 25.9 Å². The highest BCUT2D eigenvalue weighted by atomic mass is 31.2. The van der Waals surface area contributed by atoms with Crippen LogP contribution in [-0.4, -0.2) is 48.6 Å². The fraction of sp³-hybridized carbons (Fsp3) is 0.727. The van der Waals surface area contributed by atoms with Crippen LogP contribution in [0, 0.1) is 0 Å². The van der Waals surface area contributed by atoms with Crippen LogP contribution in [-0.2, 0) is 28.0 Å². The minimum Gasteiger partial charge on any atom is -0.463 e. The first kappa shape index (κ1) is 20.2. The lowest BCUT2D eigenvalue weighted by Crippen LogP contribution is -2.12. The lowest BCUT2D eigenvalue weighted by atomic mass is 10.2. The van der Waals surface area contributed by atoms with Gasteiger partial charge in [-0.1, -0.05) is 19.1 Å². The van der Waals surface area contributed by atoms with Crippen LogP contribution >= 0.6 is 7.82 Å². The molecule has 0 aromatic heterocycles. The van der Waals surface area contributed by atoms with Gasteiger partial charge in [-0.2, -0.15) is 0 Å². The van der Waals surface area contributed by atoms with Crippen LogP contribution in [0.15, 0.2) is 12.2 Å². The number of carbonyl (C=O) groups excluding carboxylic acids is 1. The molecule has 0 aromatic rings. The molecule has 0 aromatic carbocycles. The monoisotopic (exact) mass is 327 g/mol. The van der Waals surface area contributed by atoms with E-state index in [9.17, 15) is 9.36 Å². The number of phosphoric ester groups is 1. The number of esters is 1. The summed E-state index contributed by atoms with van der Waals surface area (Å²) in [5, 5.41) is 8.45. The molecule has 0 aliphatic carbocycles. The highest BCUT2D eigenvalue weighted by Crippen LogP contribution is 2.42. The van der Waals surface area contributed by atoms with Gasteiger partial charge in [0, 0.05) is 6.54 Å². The second-order valence-electron chi connectivity index (χ2n) is 3.83. The minimum absolute atomic E-state index is 0.0136. The van der Waals surface area contributed by atoms with Gasteiger partial charge >= 0.3 is 13.8 Å². The molecule has 0 spiro atoms. The van der Waals surface area contributed by atoms with Crippen LogP contribution in [0.3, 0.4) is 0 Å². The van der Waals surface area contributed by atoms with E-state index in [0.29, 0.717) is 6.42 Å². The molecule has 0 amide bonds. The van der Waals surface area contributed by atoms with Crippen molar-refractivity contribution in [1.82, 2.24) is 0 Å². The van der Waals surface area contributed by atoms with Crippen molar-refractivity contribution < 1.29 is 38.2 Å². The van der Waals surface area contributed by atoms with Gasteiger partial charge in [0.25, 0.3) is 0 Å². The van der Waals surface area contributed by atoms with Gasteiger partial charge in [-0.05, 0) is 6.42 Å². The summed E-state index contributed by atoms with van der Waals surface area (Å²) in [6.45, 7) is 1.33. The molecular formula is C11H22NO8P. The van der Waals surface area contributed by atoms with Crippen LogP contribution in [0.25, 0.3) is 0 Å². The Morgan fingerprint density at radius 2 is 2.00 bits per heavy atom. The quantitative estimate of drug-likeness (QED) is 0.119. The van der Waals surface area contributed by atoms with Crippen molar-refractivity contribution in [2.75, 3.05) is 26.4 Å². The van der Waals surface area contributed by atoms with E-state index >= 15 is 0 Å². The summed E-state index contributed by atoms with van der Waals surface area (Å²) in [4.78, 5) is 24.5. The third-order valence-corrected chi connectivity index (χ3v) is 3.16. The Morgan fingerprint density at radius 3 is 2.57 bits per heavy atom. The van der Waals surface area contributed by atoms with Crippen molar-refractivity contribution in [1.29, 1.82) is 0 Å². The first-order valence-electron chi connectivity index (χ1n) is 6.39. The summed E-state index contributed by atoms with van der Waals surface area (Å²) < 4.78 is 25.0. The van der Waals surface area contributed by atoms with Crippen molar-refractivity contribution in [2.24, 2.45) is 5.73 Å². The van der Waals surface area contributed by atoms with Crippen LogP contribution in [0.4, 0.5) is 0 Å². The standard InChI is InChI=1S/C11H22NO8P/c1-2-10(20-14)4-3-5-11(13)17-8-9-19-21(15,16)18-7-6-12/h3-4,10,14H,2,5-9,12H2,1H3,(H,15,16). The van der Waals surface area contributed by atoms with E-state index in [1.165, 1.54) is 12.2 Å². The minimum atomic E-state index is -4.14. The van der Waals surface area contributed by atoms with Gasteiger partial charge in [0.05, 0.1) is 19.6 Å². The number of hydrogen-bond donors (Lipinski definition) is 3. The molecule has 0 aliphatic heterocycles. The largest absolute Gasteiger partial charge is 0.472 e. The van der Waals surface area contributed by atoms with Crippen molar-refractivity contribution >= 4 is 13.8 Å². The number of nitrogens with two attached hydrogens (primary N) is 1. The Morgan fingerprint density at radius 1 is 1.33 bits per heavy atom. The number of phosphoric acid groups is 1. The molecule has 0 heterocycles. The Bertz CT molecular complexity index is 358. The molecule has 0 fully saturated rings. The first-order valence-corrected chi connectivity index (χ1v) is 7.89. The molecule has 9 nitrogen and oxygen atoms in total. The zero-order valence-electron chi connectivity index (χ0n) is 11.8. The lowest BCUT2D eigenvalue weighted by molar-refractivity contribution is -0.266. The van der Waals surface area contributed by atoms with Gasteiger partial charge in [0.15, 0.2) is 0 Å². The van der Waals surface area contributed by atoms with E-state index in [1.54, 1.807) is 6.92 Å². The smallest absolute Gasteiger partial charge is 0.463 e. The lowest BCUT2D eigenvalue weighted by Gasteiger charge is -2.11. The number of ether oxygens (including phenoxy) is 1. The van der Waals surface area contributed by atoms with E-state index in [-0.39, 0.29) is 32.8 Å². The summed E-state index contributed by atoms with van der Waals surface area (Å²) >= 11 is 0. The Labute approximate surface area is 123 Å². The van der Waals surface area contributed by atoms with Crippen LogP contribution in [0.5, 0.6) is 0 Å². The molecule has 4 N–H and O–H groups in total. The van der Waals surface area contributed by atoms with Gasteiger partial charge in [0.2, 0.25) is 0 Å². The summed E-state index contributed by atoms with van der Waals surface area (Å²) in [5.74, 6) is -0.543. The number of rotatable bonds is 12. The molecule has 0 aliphatic rings. The van der Waals surface area contributed by atoms with E-state index < -0.39 is 19.9 Å². The van der Waals surface area contributed by atoms with Crippen LogP contribution < -0.4 is 5.73 Å². The molecule has 0 bridgehead atoms. The molecular weight excluding hydrogens is 305 g/mol. The maximum atomic E-state index is 11.3. The summed E-state index contributed by atoms with van der Waals surface area (Å²) in [5.41, 5.74) is 5.10. The maximum absolute atomic E-state index is 11.3. The predicted molar refractivity (Wildman–Crippen MR) is 73.3 cm³/mol. The third-order valence-electron chi connectivity index (χ3n) is 2.15. The first-order chi connectivity index (χ1) is 9.95. The average molecular weight is 327 g/mol. The fourth-order valence-corrected chi connectivity index (χ4v) is 1.85. The van der Waals surface area contributed by atoms with E-state index in [2.05, 4.69) is 13.9 Å². The van der Waals surface area contributed by atoms with E-state index in [0.717, 1.165) is 0 Å². The van der Waals surface area contributed by atoms with E-state index in [4.69, 9.17) is 20.6 Å². The zero-order chi connectivity index (χ0) is 16.1. The molecule has 0 rings (SSSR count). The van der Waals surface area contributed by atoms with Crippen molar-refractivity contribution in [3.8, 4) is 0 Å². The highest BCUT2D eigenvalue weighted by molar-refractivity contribution is 7.47. The Balaban J connectivity index is 3.78. The summed E-state index contributed by atoms with van der Waals surface area (Å²) in [6, 6.07) is 0. The van der Waals surface area contributed by atoms with Crippen molar-refractivity contribution in [3.63, 3.8) is 0 Å². The maximum Gasteiger partial charge on any atom is 0.472 e. The Kier molecular flexibility index (Phi) is 11.4. The molecule has 124 valence electrons. The molecule has 2 unspecified atom stereocenters. The van der Waals surface area contributed by atoms with Gasteiger partial charge in [-0.3, -0.25) is 19.1 Å². The van der Waals surface area contributed by atoms with E-state index in [1.807, 2.05) is 0 Å². The van der Waals surface area contributed by atoms with Crippen molar-refractivity contribution in [3.05, 3.63) is 12.2 Å². The average Bonchev–Trinajstić information content (AvgIpc) is 2.46. The fourth-order valence-electron chi connectivity index (χ4n) is 1.13. The number of hydrogen-bond acceptors (Lipinski definition) is 8. The van der Waals surface area contributed by atoms with Gasteiger partial charge < -0.3 is 15.4 Å². The predicted octanol–water partition coefficient (Wildman–Crippen LogP) is 0.836. The summed E-state index contributed by atoms with van der Waals surface area (Å²) in [6.07, 6.45) is 3.10. The van der Waals surface area contributed by atoms with Crippen LogP contribution in [0.1, 0.15) is 19.8 Å². The molecule has 10 heteroatoms. The van der Waals surface area contributed by atoms with Gasteiger partial charge in [0.1, 0.15) is 12.7 Å². The number of carbonyl (C=O) groups is 1. The highest BCUT2D eigenvalue weighted by Gasteiger charge is 2.20. The zero-order valence-corrected chi connectivity index (χ0v) is 12.7. The van der Waals surface area contributed by atoms with Crippen LogP contribution in [0.2, 0.25) is 0 Å². The molecule has 0 saturated heterocycles. The second-order valence-corrected chi connectivity index (χ2v) is 5.28. The molecule has 0 radical (unpaired) electrons. The second kappa shape index (κ2) is 11.8. The normalized spacial score (nSPS) is 15.8. The Hall–Kier alpha value is -0.800. The third kappa shape index (κ3) is 11.5. The molecule has 0 saturated carbocycles. The molecule has 2 atom stereocenters. The summed E-state index contributed by atoms with van der Waals surface area (Å²) in [7, 11) is -4.14. The SMILES string of the molecule is CCC(C=CCC(=O)OCCOP(=O)(O)OCCN)OO.